The SMILES string of the molecule is CCC1=C([Si](C)(C)c2ccccc2)CC=C1. The Kier molecular flexibility index (Phi) is 3.15. The summed E-state index contributed by atoms with van der Waals surface area (Å²) in [7, 11) is -1.41. The van der Waals surface area contributed by atoms with Gasteiger partial charge in [-0.3, -0.25) is 0 Å². The van der Waals surface area contributed by atoms with E-state index in [1.54, 1.807) is 16.0 Å². The van der Waals surface area contributed by atoms with E-state index in [0.29, 0.717) is 0 Å². The van der Waals surface area contributed by atoms with Crippen LogP contribution in [-0.2, 0) is 0 Å². The Hall–Kier alpha value is -1.08. The highest BCUT2D eigenvalue weighted by Crippen LogP contribution is 2.29. The first-order chi connectivity index (χ1) is 7.66. The second-order valence-corrected chi connectivity index (χ2v) is 9.39. The fourth-order valence-electron chi connectivity index (χ4n) is 2.57. The molecule has 0 bridgehead atoms. The molecule has 0 aliphatic heterocycles. The Morgan fingerprint density at radius 1 is 1.12 bits per heavy atom. The second-order valence-electron chi connectivity index (χ2n) is 4.95. The van der Waals surface area contributed by atoms with Crippen molar-refractivity contribution in [3.05, 3.63) is 53.3 Å². The summed E-state index contributed by atoms with van der Waals surface area (Å²) in [5.41, 5.74) is 1.58. The van der Waals surface area contributed by atoms with Crippen molar-refractivity contribution < 1.29 is 0 Å². The Balaban J connectivity index is 2.40. The van der Waals surface area contributed by atoms with Gasteiger partial charge in [0.05, 0.1) is 0 Å². The van der Waals surface area contributed by atoms with Crippen LogP contribution in [0.2, 0.25) is 13.1 Å². The molecule has 0 amide bonds. The van der Waals surface area contributed by atoms with E-state index in [1.807, 2.05) is 0 Å². The van der Waals surface area contributed by atoms with Crippen LogP contribution in [0.15, 0.2) is 53.3 Å². The van der Waals surface area contributed by atoms with Crippen molar-refractivity contribution in [3.8, 4) is 0 Å². The molecule has 1 heteroatoms. The predicted octanol–water partition coefficient (Wildman–Crippen LogP) is 3.81. The summed E-state index contributed by atoms with van der Waals surface area (Å²) in [4.78, 5) is 0. The zero-order valence-electron chi connectivity index (χ0n) is 10.5. The topological polar surface area (TPSA) is 0 Å². The molecule has 0 nitrogen and oxygen atoms in total. The molecule has 1 aliphatic carbocycles. The number of hydrogen-bond donors (Lipinski definition) is 0. The smallest absolute Gasteiger partial charge is 0.0806 e. The van der Waals surface area contributed by atoms with Gasteiger partial charge in [-0.25, -0.2) is 0 Å². The van der Waals surface area contributed by atoms with Crippen LogP contribution in [0, 0.1) is 0 Å². The molecular formula is C15H20Si. The van der Waals surface area contributed by atoms with Gasteiger partial charge in [0.25, 0.3) is 0 Å². The summed E-state index contributed by atoms with van der Waals surface area (Å²) in [6.45, 7) is 7.21. The average Bonchev–Trinajstić information content (AvgIpc) is 2.79. The number of rotatable bonds is 3. The molecule has 0 fully saturated rings. The summed E-state index contributed by atoms with van der Waals surface area (Å²) in [5, 5.41) is 3.28. The van der Waals surface area contributed by atoms with Crippen molar-refractivity contribution in [1.29, 1.82) is 0 Å². The quantitative estimate of drug-likeness (QED) is 0.690. The highest BCUT2D eigenvalue weighted by Gasteiger charge is 2.30. The van der Waals surface area contributed by atoms with Gasteiger partial charge in [0.15, 0.2) is 0 Å². The lowest BCUT2D eigenvalue weighted by molar-refractivity contribution is 1.13. The highest BCUT2D eigenvalue weighted by molar-refractivity contribution is 6.95. The van der Waals surface area contributed by atoms with Gasteiger partial charge in [-0.15, -0.1) is 0 Å². The molecule has 84 valence electrons. The van der Waals surface area contributed by atoms with Crippen LogP contribution in [-0.4, -0.2) is 8.07 Å². The number of hydrogen-bond acceptors (Lipinski definition) is 0. The third-order valence-corrected chi connectivity index (χ3v) is 7.47. The molecule has 0 atom stereocenters. The van der Waals surface area contributed by atoms with Crippen LogP contribution < -0.4 is 5.19 Å². The molecule has 0 N–H and O–H groups in total. The molecule has 16 heavy (non-hydrogen) atoms. The van der Waals surface area contributed by atoms with Gasteiger partial charge in [0.1, 0.15) is 8.07 Å². The number of allylic oxidation sites excluding steroid dienone is 4. The summed E-state index contributed by atoms with van der Waals surface area (Å²) in [6, 6.07) is 11.0. The van der Waals surface area contributed by atoms with E-state index in [9.17, 15) is 0 Å². The minimum absolute atomic E-state index is 1.18. The lowest BCUT2D eigenvalue weighted by Crippen LogP contribution is -2.43. The van der Waals surface area contributed by atoms with Crippen molar-refractivity contribution in [2.45, 2.75) is 32.9 Å². The molecule has 0 radical (unpaired) electrons. The van der Waals surface area contributed by atoms with Gasteiger partial charge in [-0.05, 0) is 12.8 Å². The van der Waals surface area contributed by atoms with Crippen molar-refractivity contribution in [1.82, 2.24) is 0 Å². The van der Waals surface area contributed by atoms with Gasteiger partial charge in [0.2, 0.25) is 0 Å². The zero-order valence-corrected chi connectivity index (χ0v) is 11.5. The maximum atomic E-state index is 2.47. The molecule has 1 aliphatic rings. The largest absolute Gasteiger partial charge is 0.108 e. The first-order valence-electron chi connectivity index (χ1n) is 6.11. The van der Waals surface area contributed by atoms with Gasteiger partial charge in [0, 0.05) is 0 Å². The first kappa shape index (κ1) is 11.4. The molecular weight excluding hydrogens is 208 g/mol. The monoisotopic (exact) mass is 228 g/mol. The normalized spacial score (nSPS) is 15.9. The van der Waals surface area contributed by atoms with E-state index in [4.69, 9.17) is 0 Å². The molecule has 2 rings (SSSR count). The molecule has 0 spiro atoms. The predicted molar refractivity (Wildman–Crippen MR) is 74.6 cm³/mol. The third-order valence-electron chi connectivity index (χ3n) is 3.66. The summed E-state index contributed by atoms with van der Waals surface area (Å²) >= 11 is 0. The molecule has 0 aromatic heterocycles. The molecule has 0 saturated carbocycles. The van der Waals surface area contributed by atoms with Crippen LogP contribution in [0.25, 0.3) is 0 Å². The van der Waals surface area contributed by atoms with Crippen molar-refractivity contribution >= 4 is 13.3 Å². The fraction of sp³-hybridized carbons (Fsp3) is 0.333. The van der Waals surface area contributed by atoms with Crippen molar-refractivity contribution in [3.63, 3.8) is 0 Å². The van der Waals surface area contributed by atoms with Crippen LogP contribution in [0.3, 0.4) is 0 Å². The number of benzene rings is 1. The molecule has 0 heterocycles. The lowest BCUT2D eigenvalue weighted by atomic mass is 10.2. The molecule has 0 unspecified atom stereocenters. The van der Waals surface area contributed by atoms with Crippen LogP contribution >= 0.6 is 0 Å². The molecule has 0 saturated heterocycles. The summed E-state index contributed by atoms with van der Waals surface area (Å²) in [5.74, 6) is 0. The van der Waals surface area contributed by atoms with Crippen LogP contribution in [0.4, 0.5) is 0 Å². The summed E-state index contributed by atoms with van der Waals surface area (Å²) in [6.07, 6.45) is 7.01. The van der Waals surface area contributed by atoms with Crippen molar-refractivity contribution in [2.24, 2.45) is 0 Å². The van der Waals surface area contributed by atoms with E-state index in [0.717, 1.165) is 0 Å². The minimum atomic E-state index is -1.41. The molecule has 1 aromatic rings. The summed E-state index contributed by atoms with van der Waals surface area (Å²) < 4.78 is 0. The Labute approximate surface area is 99.7 Å². The average molecular weight is 228 g/mol. The zero-order chi connectivity index (χ0) is 11.6. The standard InChI is InChI=1S/C15H20Si/c1-4-13-9-8-12-15(13)16(2,3)14-10-6-5-7-11-14/h5-11H,4,12H2,1-3H3. The van der Waals surface area contributed by atoms with Crippen LogP contribution in [0.1, 0.15) is 19.8 Å². The van der Waals surface area contributed by atoms with Crippen LogP contribution in [0.5, 0.6) is 0 Å². The van der Waals surface area contributed by atoms with Gasteiger partial charge in [-0.2, -0.15) is 0 Å². The van der Waals surface area contributed by atoms with Gasteiger partial charge < -0.3 is 0 Å². The minimum Gasteiger partial charge on any atom is -0.0806 e. The maximum Gasteiger partial charge on any atom is 0.108 e. The van der Waals surface area contributed by atoms with E-state index in [2.05, 4.69) is 62.5 Å². The third kappa shape index (κ3) is 1.92. The van der Waals surface area contributed by atoms with Gasteiger partial charge in [-0.1, -0.05) is 78.5 Å². The highest BCUT2D eigenvalue weighted by atomic mass is 28.3. The lowest BCUT2D eigenvalue weighted by Gasteiger charge is -2.26. The van der Waals surface area contributed by atoms with E-state index < -0.39 is 8.07 Å². The Morgan fingerprint density at radius 2 is 1.81 bits per heavy atom. The first-order valence-corrected chi connectivity index (χ1v) is 9.11. The van der Waals surface area contributed by atoms with Gasteiger partial charge >= 0.3 is 0 Å². The van der Waals surface area contributed by atoms with E-state index in [-0.39, 0.29) is 0 Å². The van der Waals surface area contributed by atoms with E-state index in [1.165, 1.54) is 12.8 Å². The van der Waals surface area contributed by atoms with E-state index >= 15 is 0 Å². The Bertz CT molecular complexity index is 424. The van der Waals surface area contributed by atoms with Crippen molar-refractivity contribution in [2.75, 3.05) is 0 Å². The maximum absolute atomic E-state index is 2.47. The molecule has 1 aromatic carbocycles. The fourth-order valence-corrected chi connectivity index (χ4v) is 5.63. The second kappa shape index (κ2) is 4.42. The Morgan fingerprint density at radius 3 is 2.44 bits per heavy atom.